The van der Waals surface area contributed by atoms with E-state index in [1.807, 2.05) is 11.0 Å². The molecule has 0 spiro atoms. The Balaban J connectivity index is 1.69. The zero-order valence-corrected chi connectivity index (χ0v) is 16.7. The van der Waals surface area contributed by atoms with E-state index in [2.05, 4.69) is 15.9 Å². The van der Waals surface area contributed by atoms with Crippen LogP contribution >= 0.6 is 15.9 Å². The molecule has 0 unspecified atom stereocenters. The number of hydrogen-bond donors (Lipinski definition) is 0. The zero-order chi connectivity index (χ0) is 19.7. The molecule has 2 aromatic carbocycles. The molecule has 1 saturated heterocycles. The monoisotopic (exact) mass is 462 g/mol. The summed E-state index contributed by atoms with van der Waals surface area (Å²) in [6.45, 7) is 1.40. The van der Waals surface area contributed by atoms with E-state index >= 15 is 0 Å². The van der Waals surface area contributed by atoms with Crippen LogP contribution in [0, 0.1) is 0 Å². The first-order valence-corrected chi connectivity index (χ1v) is 10.9. The van der Waals surface area contributed by atoms with Crippen LogP contribution in [0.3, 0.4) is 0 Å². The summed E-state index contributed by atoms with van der Waals surface area (Å²) in [5.41, 5.74) is 0.833. The first kappa shape index (κ1) is 20.2. The van der Waals surface area contributed by atoms with Crippen molar-refractivity contribution in [2.24, 2.45) is 0 Å². The molecule has 0 atom stereocenters. The fourth-order valence-electron chi connectivity index (χ4n) is 2.99. The van der Waals surface area contributed by atoms with Crippen molar-refractivity contribution >= 4 is 31.6 Å². The number of sulfonamides is 1. The molecule has 146 valence electrons. The summed E-state index contributed by atoms with van der Waals surface area (Å²) in [4.78, 5) is 2.14. The molecule has 2 aromatic rings. The van der Waals surface area contributed by atoms with Gasteiger partial charge >= 0.3 is 6.18 Å². The summed E-state index contributed by atoms with van der Waals surface area (Å²) in [5.74, 6) is 0. The molecule has 0 radical (unpaired) electrons. The molecule has 1 aliphatic heterocycles. The molecule has 0 aliphatic carbocycles. The van der Waals surface area contributed by atoms with Gasteiger partial charge in [-0.2, -0.15) is 17.5 Å². The second-order valence-corrected chi connectivity index (χ2v) is 8.72. The number of rotatable bonds is 4. The predicted molar refractivity (Wildman–Crippen MR) is 101 cm³/mol. The van der Waals surface area contributed by atoms with Crippen LogP contribution in [0.25, 0.3) is 0 Å². The van der Waals surface area contributed by atoms with Gasteiger partial charge in [0.05, 0.1) is 10.5 Å². The van der Waals surface area contributed by atoms with E-state index in [9.17, 15) is 21.6 Å². The Labute approximate surface area is 164 Å². The summed E-state index contributed by atoms with van der Waals surface area (Å²) in [6, 6.07) is 11.7. The van der Waals surface area contributed by atoms with Crippen LogP contribution in [-0.2, 0) is 21.5 Å². The summed E-state index contributed by atoms with van der Waals surface area (Å²) >= 11 is 3.32. The second-order valence-electron chi connectivity index (χ2n) is 6.22. The van der Waals surface area contributed by atoms with Gasteiger partial charge in [-0.15, -0.1) is 0 Å². The van der Waals surface area contributed by atoms with Crippen molar-refractivity contribution in [3.05, 3.63) is 59.7 Å². The second kappa shape index (κ2) is 7.81. The highest BCUT2D eigenvalue weighted by atomic mass is 79.9. The summed E-state index contributed by atoms with van der Waals surface area (Å²) in [6.07, 6.45) is -4.37. The van der Waals surface area contributed by atoms with E-state index in [0.29, 0.717) is 24.1 Å². The fourth-order valence-corrected chi connectivity index (χ4v) is 4.83. The van der Waals surface area contributed by atoms with Crippen molar-refractivity contribution in [3.8, 4) is 0 Å². The molecule has 27 heavy (non-hydrogen) atoms. The third-order valence-electron chi connectivity index (χ3n) is 4.49. The van der Waals surface area contributed by atoms with Crippen molar-refractivity contribution in [1.29, 1.82) is 0 Å². The maximum atomic E-state index is 12.8. The quantitative estimate of drug-likeness (QED) is 0.641. The van der Waals surface area contributed by atoms with Crippen molar-refractivity contribution < 1.29 is 21.6 Å². The van der Waals surface area contributed by atoms with Crippen LogP contribution in [0.15, 0.2) is 53.4 Å². The van der Waals surface area contributed by atoms with Gasteiger partial charge in [-0.25, -0.2) is 8.42 Å². The molecule has 0 saturated carbocycles. The van der Waals surface area contributed by atoms with Crippen molar-refractivity contribution in [1.82, 2.24) is 4.31 Å². The van der Waals surface area contributed by atoms with Gasteiger partial charge in [-0.1, -0.05) is 28.1 Å². The van der Waals surface area contributed by atoms with Gasteiger partial charge in [0, 0.05) is 37.2 Å². The number of hydrogen-bond acceptors (Lipinski definition) is 3. The highest BCUT2D eigenvalue weighted by Gasteiger charge is 2.31. The van der Waals surface area contributed by atoms with E-state index in [1.54, 1.807) is 18.2 Å². The van der Waals surface area contributed by atoms with Gasteiger partial charge in [0.2, 0.25) is 10.0 Å². The van der Waals surface area contributed by atoms with Gasteiger partial charge in [-0.05, 0) is 42.0 Å². The lowest BCUT2D eigenvalue weighted by Crippen LogP contribution is -2.48. The molecular formula is C18H18BrF3N2O2S. The number of halogens is 4. The van der Waals surface area contributed by atoms with E-state index in [4.69, 9.17) is 0 Å². The Bertz CT molecular complexity index is 894. The minimum absolute atomic E-state index is 0.252. The van der Waals surface area contributed by atoms with E-state index in [1.165, 1.54) is 16.4 Å². The number of alkyl halides is 4. The van der Waals surface area contributed by atoms with Crippen LogP contribution in [0.1, 0.15) is 11.1 Å². The van der Waals surface area contributed by atoms with Crippen LogP contribution in [0.2, 0.25) is 0 Å². The molecule has 4 nitrogen and oxygen atoms in total. The lowest BCUT2D eigenvalue weighted by Gasteiger charge is -2.35. The lowest BCUT2D eigenvalue weighted by molar-refractivity contribution is -0.137. The Kier molecular flexibility index (Phi) is 5.83. The molecule has 0 bridgehead atoms. The smallest absolute Gasteiger partial charge is 0.369 e. The average Bonchev–Trinajstić information content (AvgIpc) is 2.67. The van der Waals surface area contributed by atoms with Gasteiger partial charge in [-0.3, -0.25) is 0 Å². The molecule has 9 heteroatoms. The van der Waals surface area contributed by atoms with Crippen molar-refractivity contribution in [3.63, 3.8) is 0 Å². The molecule has 1 fully saturated rings. The first-order valence-electron chi connectivity index (χ1n) is 8.29. The normalized spacial score (nSPS) is 16.5. The maximum absolute atomic E-state index is 12.8. The van der Waals surface area contributed by atoms with Crippen LogP contribution < -0.4 is 4.90 Å². The first-order chi connectivity index (χ1) is 12.7. The van der Waals surface area contributed by atoms with Crippen LogP contribution in [0.5, 0.6) is 0 Å². The Morgan fingerprint density at radius 1 is 0.963 bits per heavy atom. The van der Waals surface area contributed by atoms with Gasteiger partial charge in [0.15, 0.2) is 0 Å². The van der Waals surface area contributed by atoms with Crippen LogP contribution in [0.4, 0.5) is 18.9 Å². The summed E-state index contributed by atoms with van der Waals surface area (Å²) in [5, 5.41) is 0.568. The van der Waals surface area contributed by atoms with Crippen LogP contribution in [-0.4, -0.2) is 38.9 Å². The third kappa shape index (κ3) is 4.47. The van der Waals surface area contributed by atoms with Gasteiger partial charge < -0.3 is 4.90 Å². The van der Waals surface area contributed by atoms with Crippen molar-refractivity contribution in [2.75, 3.05) is 31.1 Å². The fraction of sp³-hybridized carbons (Fsp3) is 0.333. The number of benzene rings is 2. The average molecular weight is 463 g/mol. The zero-order valence-electron chi connectivity index (χ0n) is 14.3. The van der Waals surface area contributed by atoms with Gasteiger partial charge in [0.25, 0.3) is 0 Å². The molecule has 0 amide bonds. The van der Waals surface area contributed by atoms with E-state index < -0.39 is 21.8 Å². The van der Waals surface area contributed by atoms with Crippen molar-refractivity contribution in [2.45, 2.75) is 16.4 Å². The Hall–Kier alpha value is -1.58. The molecular weight excluding hydrogens is 445 g/mol. The standard InChI is InChI=1S/C18H18BrF3N2O2S/c19-13-14-2-1-3-17(12-14)27(25,26)24-10-8-23(9-11-24)16-6-4-15(5-7-16)18(20,21)22/h1-7,12H,8-11,13H2. The topological polar surface area (TPSA) is 40.6 Å². The molecule has 1 aliphatic rings. The molecule has 1 heterocycles. The Morgan fingerprint density at radius 3 is 2.15 bits per heavy atom. The van der Waals surface area contributed by atoms with E-state index in [-0.39, 0.29) is 18.0 Å². The predicted octanol–water partition coefficient (Wildman–Crippen LogP) is 4.11. The van der Waals surface area contributed by atoms with E-state index in [0.717, 1.165) is 17.7 Å². The number of piperazine rings is 1. The highest BCUT2D eigenvalue weighted by Crippen LogP contribution is 2.31. The number of nitrogens with zero attached hydrogens (tertiary/aromatic N) is 2. The minimum atomic E-state index is -4.37. The maximum Gasteiger partial charge on any atom is 0.416 e. The summed E-state index contributed by atoms with van der Waals surface area (Å²) in [7, 11) is -3.59. The SMILES string of the molecule is O=S(=O)(c1cccc(CBr)c1)N1CCN(c2ccc(C(F)(F)F)cc2)CC1. The molecule has 0 N–H and O–H groups in total. The minimum Gasteiger partial charge on any atom is -0.369 e. The number of anilines is 1. The highest BCUT2D eigenvalue weighted by molar-refractivity contribution is 9.08. The lowest BCUT2D eigenvalue weighted by atomic mass is 10.2. The largest absolute Gasteiger partial charge is 0.416 e. The molecule has 3 rings (SSSR count). The summed E-state index contributed by atoms with van der Waals surface area (Å²) < 4.78 is 65.1. The molecule has 0 aromatic heterocycles. The third-order valence-corrected chi connectivity index (χ3v) is 7.03. The Morgan fingerprint density at radius 2 is 1.59 bits per heavy atom. The van der Waals surface area contributed by atoms with Gasteiger partial charge in [0.1, 0.15) is 0 Å².